The molecule has 2 amide bonds. The molecule has 4 rings (SSSR count). The van der Waals surface area contributed by atoms with Crippen LogP contribution in [-0.4, -0.2) is 44.2 Å². The molecule has 1 aromatic carbocycles. The van der Waals surface area contributed by atoms with E-state index in [0.29, 0.717) is 17.9 Å². The van der Waals surface area contributed by atoms with E-state index >= 15 is 0 Å². The average molecular weight is 406 g/mol. The van der Waals surface area contributed by atoms with Gasteiger partial charge in [-0.15, -0.1) is 0 Å². The number of hydrogen-bond acceptors (Lipinski definition) is 4. The summed E-state index contributed by atoms with van der Waals surface area (Å²) in [5, 5.41) is 0. The standard InChI is InChI=1S/C23H27N5O2/c1-15(2)23(30)27-8-5-16(6-9-27)17-3-4-20(22(24)29)18(11-17)12-19-14-28-10-7-25-21(28)13-26-19/h3-4,7,10-11,13-16H,5-6,8-9,12H2,1-2H3,(H2,24,29). The van der Waals surface area contributed by atoms with Crippen LogP contribution in [0.25, 0.3) is 5.65 Å². The lowest BCUT2D eigenvalue weighted by Gasteiger charge is -2.33. The molecular formula is C23H27N5O2. The summed E-state index contributed by atoms with van der Waals surface area (Å²) < 4.78 is 1.91. The molecule has 156 valence electrons. The Morgan fingerprint density at radius 1 is 1.20 bits per heavy atom. The molecule has 3 heterocycles. The minimum absolute atomic E-state index is 0.0309. The number of likely N-dealkylation sites (tertiary alicyclic amines) is 1. The first-order valence-electron chi connectivity index (χ1n) is 10.4. The van der Waals surface area contributed by atoms with Gasteiger partial charge in [-0.1, -0.05) is 26.0 Å². The zero-order valence-corrected chi connectivity index (χ0v) is 17.4. The van der Waals surface area contributed by atoms with E-state index in [4.69, 9.17) is 5.73 Å². The predicted molar refractivity (Wildman–Crippen MR) is 114 cm³/mol. The number of nitrogens with zero attached hydrogens (tertiary/aromatic N) is 4. The molecule has 0 atom stereocenters. The van der Waals surface area contributed by atoms with Gasteiger partial charge in [-0.05, 0) is 36.0 Å². The first kappa shape index (κ1) is 20.1. The minimum atomic E-state index is -0.433. The van der Waals surface area contributed by atoms with Gasteiger partial charge in [0.25, 0.3) is 0 Å². The third kappa shape index (κ3) is 4.06. The molecule has 0 aliphatic carbocycles. The number of carbonyl (C=O) groups excluding carboxylic acids is 2. The molecule has 2 aromatic heterocycles. The first-order chi connectivity index (χ1) is 14.4. The number of piperidine rings is 1. The van der Waals surface area contributed by atoms with E-state index in [9.17, 15) is 9.59 Å². The second-order valence-corrected chi connectivity index (χ2v) is 8.28. The highest BCUT2D eigenvalue weighted by atomic mass is 16.2. The second kappa shape index (κ2) is 8.26. The maximum absolute atomic E-state index is 12.3. The smallest absolute Gasteiger partial charge is 0.248 e. The molecule has 0 spiro atoms. The third-order valence-electron chi connectivity index (χ3n) is 5.87. The van der Waals surface area contributed by atoms with Gasteiger partial charge >= 0.3 is 0 Å². The Morgan fingerprint density at radius 2 is 1.97 bits per heavy atom. The molecule has 2 N–H and O–H groups in total. The van der Waals surface area contributed by atoms with E-state index in [2.05, 4.69) is 16.0 Å². The number of fused-ring (bicyclic) bond motifs is 1. The van der Waals surface area contributed by atoms with Crippen LogP contribution in [0.15, 0.2) is 43.0 Å². The molecular weight excluding hydrogens is 378 g/mol. The number of benzene rings is 1. The molecule has 30 heavy (non-hydrogen) atoms. The Morgan fingerprint density at radius 3 is 2.67 bits per heavy atom. The van der Waals surface area contributed by atoms with E-state index in [1.54, 1.807) is 12.4 Å². The second-order valence-electron chi connectivity index (χ2n) is 8.28. The number of aromatic nitrogens is 3. The van der Waals surface area contributed by atoms with Gasteiger partial charge < -0.3 is 15.0 Å². The van der Waals surface area contributed by atoms with Gasteiger partial charge in [0, 0.05) is 49.6 Å². The van der Waals surface area contributed by atoms with Gasteiger partial charge in [0.05, 0.1) is 11.9 Å². The fourth-order valence-corrected chi connectivity index (χ4v) is 4.21. The Kier molecular flexibility index (Phi) is 5.53. The fraction of sp³-hybridized carbons (Fsp3) is 0.391. The van der Waals surface area contributed by atoms with Crippen molar-refractivity contribution in [3.05, 3.63) is 65.4 Å². The maximum Gasteiger partial charge on any atom is 0.248 e. The van der Waals surface area contributed by atoms with Gasteiger partial charge in [-0.3, -0.25) is 14.6 Å². The first-order valence-corrected chi connectivity index (χ1v) is 10.4. The summed E-state index contributed by atoms with van der Waals surface area (Å²) >= 11 is 0. The van der Waals surface area contributed by atoms with Crippen LogP contribution in [-0.2, 0) is 11.2 Å². The average Bonchev–Trinajstić information content (AvgIpc) is 3.21. The monoisotopic (exact) mass is 405 g/mol. The summed E-state index contributed by atoms with van der Waals surface area (Å²) in [7, 11) is 0. The summed E-state index contributed by atoms with van der Waals surface area (Å²) in [5.74, 6) is 0.186. The van der Waals surface area contributed by atoms with Gasteiger partial charge in [-0.25, -0.2) is 4.98 Å². The molecule has 1 saturated heterocycles. The molecule has 7 heteroatoms. The molecule has 0 bridgehead atoms. The predicted octanol–water partition coefficient (Wildman–Crippen LogP) is 2.78. The topological polar surface area (TPSA) is 93.6 Å². The lowest BCUT2D eigenvalue weighted by atomic mass is 9.86. The van der Waals surface area contributed by atoms with Crippen LogP contribution in [0.5, 0.6) is 0 Å². The Bertz CT molecular complexity index is 1080. The summed E-state index contributed by atoms with van der Waals surface area (Å²) in [6, 6.07) is 5.92. The Balaban J connectivity index is 1.56. The van der Waals surface area contributed by atoms with E-state index in [1.807, 2.05) is 47.7 Å². The van der Waals surface area contributed by atoms with E-state index < -0.39 is 5.91 Å². The molecule has 0 radical (unpaired) electrons. The molecule has 1 aliphatic rings. The van der Waals surface area contributed by atoms with E-state index in [1.165, 1.54) is 5.56 Å². The highest BCUT2D eigenvalue weighted by Gasteiger charge is 2.25. The lowest BCUT2D eigenvalue weighted by Crippen LogP contribution is -2.40. The van der Waals surface area contributed by atoms with Crippen LogP contribution < -0.4 is 5.73 Å². The number of nitrogens with two attached hydrogens (primary N) is 1. The van der Waals surface area contributed by atoms with E-state index in [-0.39, 0.29) is 11.8 Å². The van der Waals surface area contributed by atoms with Crippen LogP contribution in [0, 0.1) is 5.92 Å². The van der Waals surface area contributed by atoms with Crippen LogP contribution in [0.1, 0.15) is 59.8 Å². The van der Waals surface area contributed by atoms with E-state index in [0.717, 1.165) is 42.8 Å². The van der Waals surface area contributed by atoms with Crippen molar-refractivity contribution in [2.45, 2.75) is 39.0 Å². The van der Waals surface area contributed by atoms with Crippen molar-refractivity contribution in [3.63, 3.8) is 0 Å². The fourth-order valence-electron chi connectivity index (χ4n) is 4.21. The van der Waals surface area contributed by atoms with Gasteiger partial charge in [-0.2, -0.15) is 0 Å². The van der Waals surface area contributed by atoms with Crippen molar-refractivity contribution in [3.8, 4) is 0 Å². The van der Waals surface area contributed by atoms with Crippen LogP contribution in [0.3, 0.4) is 0 Å². The summed E-state index contributed by atoms with van der Waals surface area (Å²) in [5.41, 5.74) is 9.86. The van der Waals surface area contributed by atoms with Crippen LogP contribution >= 0.6 is 0 Å². The zero-order chi connectivity index (χ0) is 21.3. The number of carbonyl (C=O) groups is 2. The quantitative estimate of drug-likeness (QED) is 0.706. The van der Waals surface area contributed by atoms with Crippen LogP contribution in [0.2, 0.25) is 0 Å². The van der Waals surface area contributed by atoms with Gasteiger partial charge in [0.1, 0.15) is 0 Å². The largest absolute Gasteiger partial charge is 0.366 e. The Hall–Kier alpha value is -3.22. The maximum atomic E-state index is 12.3. The highest BCUT2D eigenvalue weighted by Crippen LogP contribution is 2.30. The lowest BCUT2D eigenvalue weighted by molar-refractivity contribution is -0.135. The molecule has 1 fully saturated rings. The SMILES string of the molecule is CC(C)C(=O)N1CCC(c2ccc(C(N)=O)c(Cc3cn4ccnc4cn3)c2)CC1. The van der Waals surface area contributed by atoms with Crippen molar-refractivity contribution in [2.24, 2.45) is 11.7 Å². The third-order valence-corrected chi connectivity index (χ3v) is 5.87. The molecule has 0 unspecified atom stereocenters. The van der Waals surface area contributed by atoms with Crippen molar-refractivity contribution < 1.29 is 9.59 Å². The highest BCUT2D eigenvalue weighted by molar-refractivity contribution is 5.94. The normalized spacial score (nSPS) is 15.1. The summed E-state index contributed by atoms with van der Waals surface area (Å²) in [4.78, 5) is 34.9. The minimum Gasteiger partial charge on any atom is -0.366 e. The number of imidazole rings is 1. The van der Waals surface area contributed by atoms with Crippen molar-refractivity contribution in [1.82, 2.24) is 19.3 Å². The Labute approximate surface area is 175 Å². The number of hydrogen-bond donors (Lipinski definition) is 1. The molecule has 7 nitrogen and oxygen atoms in total. The molecule has 3 aromatic rings. The number of amides is 2. The van der Waals surface area contributed by atoms with Crippen molar-refractivity contribution >= 4 is 17.5 Å². The summed E-state index contributed by atoms with van der Waals surface area (Å²) in [6.07, 6.45) is 9.62. The number of rotatable bonds is 5. The van der Waals surface area contributed by atoms with Gasteiger partial charge in [0.15, 0.2) is 5.65 Å². The summed E-state index contributed by atoms with van der Waals surface area (Å²) in [6.45, 7) is 5.43. The molecule has 0 saturated carbocycles. The van der Waals surface area contributed by atoms with Crippen LogP contribution in [0.4, 0.5) is 0 Å². The van der Waals surface area contributed by atoms with Gasteiger partial charge in [0.2, 0.25) is 11.8 Å². The number of primary amides is 1. The zero-order valence-electron chi connectivity index (χ0n) is 17.4. The molecule has 1 aliphatic heterocycles. The van der Waals surface area contributed by atoms with Crippen molar-refractivity contribution in [1.29, 1.82) is 0 Å². The van der Waals surface area contributed by atoms with Crippen molar-refractivity contribution in [2.75, 3.05) is 13.1 Å².